The molecule has 2 N–H and O–H groups in total. The molecule has 0 spiro atoms. The van der Waals surface area contributed by atoms with Crippen LogP contribution in [0, 0.1) is 5.82 Å². The number of hydrogen-bond donors (Lipinski definition) is 2. The van der Waals surface area contributed by atoms with Gasteiger partial charge in [-0.25, -0.2) is 4.39 Å². The molecule has 1 aromatic carbocycles. The Morgan fingerprint density at radius 1 is 1.25 bits per heavy atom. The van der Waals surface area contributed by atoms with E-state index in [-0.39, 0.29) is 16.9 Å². The lowest BCUT2D eigenvalue weighted by Gasteiger charge is -2.46. The zero-order chi connectivity index (χ0) is 15.0. The average molecular weight is 343 g/mol. The second-order valence-electron chi connectivity index (χ2n) is 7.11. The fraction of sp³-hybridized carbons (Fsp3) is 0.625. The number of rotatable bonds is 3. The summed E-state index contributed by atoms with van der Waals surface area (Å²) < 4.78 is 14.7. The van der Waals surface area contributed by atoms with Crippen molar-refractivity contribution >= 4 is 15.9 Å². The third-order valence-corrected chi connectivity index (χ3v) is 4.27. The molecule has 20 heavy (non-hydrogen) atoms. The molecular weight excluding hydrogens is 319 g/mol. The molecule has 0 bridgehead atoms. The van der Waals surface area contributed by atoms with Crippen molar-refractivity contribution < 1.29 is 4.39 Å². The van der Waals surface area contributed by atoms with Crippen LogP contribution < -0.4 is 10.6 Å². The highest BCUT2D eigenvalue weighted by atomic mass is 79.9. The number of halogens is 2. The van der Waals surface area contributed by atoms with Crippen LogP contribution >= 0.6 is 15.9 Å². The van der Waals surface area contributed by atoms with E-state index in [4.69, 9.17) is 0 Å². The molecule has 0 atom stereocenters. The van der Waals surface area contributed by atoms with Crippen molar-refractivity contribution in [2.75, 3.05) is 0 Å². The van der Waals surface area contributed by atoms with Gasteiger partial charge in [-0.15, -0.1) is 0 Å². The summed E-state index contributed by atoms with van der Waals surface area (Å²) in [6.45, 7) is 9.47. The minimum absolute atomic E-state index is 0.106. The highest BCUT2D eigenvalue weighted by Crippen LogP contribution is 2.28. The van der Waals surface area contributed by atoms with Crippen molar-refractivity contribution in [2.24, 2.45) is 0 Å². The molecule has 1 aromatic rings. The summed E-state index contributed by atoms with van der Waals surface area (Å²) in [6.07, 6.45) is 2.10. The van der Waals surface area contributed by atoms with E-state index in [1.165, 1.54) is 6.07 Å². The zero-order valence-electron chi connectivity index (χ0n) is 12.7. The van der Waals surface area contributed by atoms with E-state index in [0.717, 1.165) is 17.3 Å². The first-order chi connectivity index (χ1) is 9.17. The molecule has 1 aliphatic rings. The standard InChI is InChI=1S/C16H24BrFN2/c1-15(2)8-13(9-16(3,4)20-15)19-10-11-7-12(17)5-6-14(11)18/h5-7,13,19-20H,8-10H2,1-4H3. The Labute approximate surface area is 129 Å². The van der Waals surface area contributed by atoms with Gasteiger partial charge in [-0.3, -0.25) is 0 Å². The van der Waals surface area contributed by atoms with Gasteiger partial charge in [0.1, 0.15) is 5.82 Å². The Bertz CT molecular complexity index is 469. The minimum atomic E-state index is -0.145. The maximum atomic E-state index is 13.8. The van der Waals surface area contributed by atoms with E-state index >= 15 is 0 Å². The van der Waals surface area contributed by atoms with E-state index in [0.29, 0.717) is 18.2 Å². The van der Waals surface area contributed by atoms with Crippen LogP contribution in [0.5, 0.6) is 0 Å². The SMILES string of the molecule is CC1(C)CC(NCc2cc(Br)ccc2F)CC(C)(C)N1. The third kappa shape index (κ3) is 4.27. The van der Waals surface area contributed by atoms with Crippen LogP contribution in [-0.4, -0.2) is 17.1 Å². The number of hydrogen-bond acceptors (Lipinski definition) is 2. The Balaban J connectivity index is 2.01. The van der Waals surface area contributed by atoms with E-state index < -0.39 is 0 Å². The van der Waals surface area contributed by atoms with Crippen LogP contribution in [0.1, 0.15) is 46.1 Å². The number of nitrogens with one attached hydrogen (secondary N) is 2. The van der Waals surface area contributed by atoms with Crippen LogP contribution in [-0.2, 0) is 6.54 Å². The molecule has 4 heteroatoms. The van der Waals surface area contributed by atoms with Crippen molar-refractivity contribution in [3.8, 4) is 0 Å². The molecule has 1 fully saturated rings. The van der Waals surface area contributed by atoms with Gasteiger partial charge in [0.15, 0.2) is 0 Å². The summed E-state index contributed by atoms with van der Waals surface area (Å²) in [5, 5.41) is 7.18. The Kier molecular flexibility index (Phi) is 4.57. The summed E-state index contributed by atoms with van der Waals surface area (Å²) in [5.41, 5.74) is 0.929. The maximum absolute atomic E-state index is 13.8. The first kappa shape index (κ1) is 15.9. The van der Waals surface area contributed by atoms with Gasteiger partial charge in [-0.2, -0.15) is 0 Å². The molecule has 112 valence electrons. The largest absolute Gasteiger partial charge is 0.310 e. The molecule has 1 heterocycles. The second-order valence-corrected chi connectivity index (χ2v) is 8.03. The van der Waals surface area contributed by atoms with Crippen molar-refractivity contribution in [3.05, 3.63) is 34.1 Å². The Hall–Kier alpha value is -0.450. The predicted octanol–water partition coefficient (Wildman–Crippen LogP) is 3.99. The van der Waals surface area contributed by atoms with E-state index in [9.17, 15) is 4.39 Å². The summed E-state index contributed by atoms with van der Waals surface area (Å²) in [5.74, 6) is -0.145. The summed E-state index contributed by atoms with van der Waals surface area (Å²) in [6, 6.07) is 5.49. The predicted molar refractivity (Wildman–Crippen MR) is 85.3 cm³/mol. The third-order valence-electron chi connectivity index (χ3n) is 3.78. The van der Waals surface area contributed by atoms with E-state index in [2.05, 4.69) is 54.3 Å². The maximum Gasteiger partial charge on any atom is 0.127 e. The Morgan fingerprint density at radius 2 is 1.85 bits per heavy atom. The van der Waals surface area contributed by atoms with Gasteiger partial charge in [-0.05, 0) is 58.7 Å². The number of piperidine rings is 1. The minimum Gasteiger partial charge on any atom is -0.310 e. The quantitative estimate of drug-likeness (QED) is 0.867. The fourth-order valence-electron chi connectivity index (χ4n) is 3.40. The van der Waals surface area contributed by atoms with Crippen LogP contribution in [0.15, 0.2) is 22.7 Å². The second kappa shape index (κ2) is 5.74. The van der Waals surface area contributed by atoms with Gasteiger partial charge in [0.2, 0.25) is 0 Å². The summed E-state index contributed by atoms with van der Waals surface area (Å²) in [7, 11) is 0. The molecule has 2 rings (SSSR count). The molecule has 0 saturated carbocycles. The fourth-order valence-corrected chi connectivity index (χ4v) is 3.81. The van der Waals surface area contributed by atoms with Gasteiger partial charge in [0.05, 0.1) is 0 Å². The zero-order valence-corrected chi connectivity index (χ0v) is 14.3. The molecule has 0 aromatic heterocycles. The first-order valence-corrected chi connectivity index (χ1v) is 7.93. The summed E-state index contributed by atoms with van der Waals surface area (Å²) in [4.78, 5) is 0. The van der Waals surface area contributed by atoms with Gasteiger partial charge in [-0.1, -0.05) is 15.9 Å². The molecule has 0 radical (unpaired) electrons. The topological polar surface area (TPSA) is 24.1 Å². The molecule has 0 aliphatic carbocycles. The van der Waals surface area contributed by atoms with Gasteiger partial charge >= 0.3 is 0 Å². The normalized spacial score (nSPS) is 21.9. The van der Waals surface area contributed by atoms with Crippen molar-refractivity contribution in [3.63, 3.8) is 0 Å². The monoisotopic (exact) mass is 342 g/mol. The first-order valence-electron chi connectivity index (χ1n) is 7.14. The molecule has 2 nitrogen and oxygen atoms in total. The molecule has 0 unspecified atom stereocenters. The van der Waals surface area contributed by atoms with Crippen LogP contribution in [0.3, 0.4) is 0 Å². The van der Waals surface area contributed by atoms with Gasteiger partial charge in [0, 0.05) is 33.7 Å². The molecule has 0 amide bonds. The molecule has 1 saturated heterocycles. The van der Waals surface area contributed by atoms with Crippen LogP contribution in [0.25, 0.3) is 0 Å². The summed E-state index contributed by atoms with van der Waals surface area (Å²) >= 11 is 3.39. The van der Waals surface area contributed by atoms with Gasteiger partial charge < -0.3 is 10.6 Å². The highest BCUT2D eigenvalue weighted by molar-refractivity contribution is 9.10. The Morgan fingerprint density at radius 3 is 2.45 bits per heavy atom. The van der Waals surface area contributed by atoms with Gasteiger partial charge in [0.25, 0.3) is 0 Å². The lowest BCUT2D eigenvalue weighted by Crippen LogP contribution is -2.61. The van der Waals surface area contributed by atoms with Crippen LogP contribution in [0.2, 0.25) is 0 Å². The van der Waals surface area contributed by atoms with E-state index in [1.807, 2.05) is 6.07 Å². The lowest BCUT2D eigenvalue weighted by molar-refractivity contribution is 0.145. The van der Waals surface area contributed by atoms with Crippen LogP contribution in [0.4, 0.5) is 4.39 Å². The van der Waals surface area contributed by atoms with E-state index in [1.54, 1.807) is 6.07 Å². The van der Waals surface area contributed by atoms with Crippen molar-refractivity contribution in [1.29, 1.82) is 0 Å². The van der Waals surface area contributed by atoms with Crippen molar-refractivity contribution in [2.45, 2.75) is 64.2 Å². The smallest absolute Gasteiger partial charge is 0.127 e. The highest BCUT2D eigenvalue weighted by Gasteiger charge is 2.37. The lowest BCUT2D eigenvalue weighted by atomic mass is 9.79. The average Bonchev–Trinajstić information content (AvgIpc) is 2.26. The van der Waals surface area contributed by atoms with Crippen molar-refractivity contribution in [1.82, 2.24) is 10.6 Å². The number of benzene rings is 1. The molecular formula is C16H24BrFN2. The molecule has 1 aliphatic heterocycles.